The lowest BCUT2D eigenvalue weighted by Gasteiger charge is -2.11. The summed E-state index contributed by atoms with van der Waals surface area (Å²) < 4.78 is 3.60. The van der Waals surface area contributed by atoms with Crippen molar-refractivity contribution in [1.29, 1.82) is 0 Å². The molecule has 0 bridgehead atoms. The summed E-state index contributed by atoms with van der Waals surface area (Å²) in [5, 5.41) is 5.87. The Morgan fingerprint density at radius 3 is 2.23 bits per heavy atom. The van der Waals surface area contributed by atoms with E-state index in [1.807, 2.05) is 24.3 Å². The summed E-state index contributed by atoms with van der Waals surface area (Å²) in [6, 6.07) is 14.3. The summed E-state index contributed by atoms with van der Waals surface area (Å²) in [5.74, 6) is -1.10. The Kier molecular flexibility index (Phi) is 5.13. The van der Waals surface area contributed by atoms with Crippen LogP contribution in [0.15, 0.2) is 57.8 Å². The van der Waals surface area contributed by atoms with E-state index >= 15 is 0 Å². The number of aryl methyl sites for hydroxylation is 2. The largest absolute Gasteiger partial charge is 0.339 e. The predicted molar refractivity (Wildman–Crippen MR) is 117 cm³/mol. The van der Waals surface area contributed by atoms with Crippen LogP contribution in [0.5, 0.6) is 0 Å². The van der Waals surface area contributed by atoms with Gasteiger partial charge in [-0.15, -0.1) is 0 Å². The van der Waals surface area contributed by atoms with E-state index < -0.39 is 11.8 Å². The van der Waals surface area contributed by atoms with Crippen molar-refractivity contribution in [2.75, 3.05) is 0 Å². The number of carbonyl (C=O) groups is 2. The molecule has 2 aromatic heterocycles. The van der Waals surface area contributed by atoms with Crippen molar-refractivity contribution in [1.82, 2.24) is 25.2 Å². The molecule has 0 aliphatic rings. The van der Waals surface area contributed by atoms with Gasteiger partial charge in [0, 0.05) is 29.9 Å². The highest BCUT2D eigenvalue weighted by molar-refractivity contribution is 9.10. The fraction of sp³-hybridized carbons (Fsp3) is 0.143. The molecule has 0 fully saturated rings. The van der Waals surface area contributed by atoms with Gasteiger partial charge < -0.3 is 4.57 Å². The number of nitrogens with zero attached hydrogens (tertiary/aromatic N) is 3. The van der Waals surface area contributed by atoms with Crippen molar-refractivity contribution in [2.45, 2.75) is 13.5 Å². The second-order valence-electron chi connectivity index (χ2n) is 6.66. The van der Waals surface area contributed by atoms with Crippen LogP contribution < -0.4 is 16.4 Å². The highest BCUT2D eigenvalue weighted by Crippen LogP contribution is 2.29. The van der Waals surface area contributed by atoms with Gasteiger partial charge in [-0.05, 0) is 35.0 Å². The molecular weight excluding hydrogens is 450 g/mol. The maximum atomic E-state index is 12.8. The minimum absolute atomic E-state index is 0.0588. The number of nitrogens with one attached hydrogen (secondary N) is 2. The molecular formula is C21H18BrN5O3. The number of hydrogen-bond donors (Lipinski definition) is 2. The van der Waals surface area contributed by atoms with Crippen molar-refractivity contribution in [3.8, 4) is 0 Å². The third-order valence-electron chi connectivity index (χ3n) is 4.93. The second-order valence-corrected chi connectivity index (χ2v) is 7.46. The fourth-order valence-electron chi connectivity index (χ4n) is 3.45. The Bertz CT molecular complexity index is 1330. The van der Waals surface area contributed by atoms with Gasteiger partial charge in [-0.3, -0.25) is 25.2 Å². The highest BCUT2D eigenvalue weighted by Gasteiger charge is 2.21. The highest BCUT2D eigenvalue weighted by atomic mass is 79.9. The summed E-state index contributed by atoms with van der Waals surface area (Å²) in [6.07, 6.45) is 0. The predicted octanol–water partition coefficient (Wildman–Crippen LogP) is 2.75. The first-order valence-electron chi connectivity index (χ1n) is 9.27. The van der Waals surface area contributed by atoms with Gasteiger partial charge in [-0.1, -0.05) is 36.4 Å². The summed E-state index contributed by atoms with van der Waals surface area (Å²) in [5.41, 5.74) is 5.88. The smallest absolute Gasteiger partial charge is 0.290 e. The Labute approximate surface area is 179 Å². The number of fused-ring (bicyclic) bond motifs is 2. The standard InChI is InChI=1S/C21H18BrN5O3/c1-3-27-21(30)13-9-5-4-8-12(13)17(25-27)19(28)23-24-20(29)18-16(22)14-10-6-7-11-15(14)26(18)2/h4-11H,3H2,1-2H3,(H,23,28)(H,24,29). The number of para-hydroxylation sites is 1. The van der Waals surface area contributed by atoms with Crippen LogP contribution in [-0.2, 0) is 13.6 Å². The zero-order chi connectivity index (χ0) is 21.4. The van der Waals surface area contributed by atoms with Gasteiger partial charge in [0.15, 0.2) is 5.69 Å². The topological polar surface area (TPSA) is 98.0 Å². The van der Waals surface area contributed by atoms with Crippen LogP contribution in [0.4, 0.5) is 0 Å². The number of rotatable bonds is 3. The molecule has 0 aliphatic carbocycles. The number of halogens is 1. The van der Waals surface area contributed by atoms with Gasteiger partial charge >= 0.3 is 0 Å². The Hall–Kier alpha value is -3.46. The Morgan fingerprint density at radius 1 is 0.967 bits per heavy atom. The van der Waals surface area contributed by atoms with Crippen LogP contribution in [0.2, 0.25) is 0 Å². The lowest BCUT2D eigenvalue weighted by atomic mass is 10.1. The van der Waals surface area contributed by atoms with Crippen LogP contribution in [0.25, 0.3) is 21.7 Å². The van der Waals surface area contributed by atoms with Crippen LogP contribution in [0, 0.1) is 0 Å². The number of hydrogen-bond acceptors (Lipinski definition) is 4. The molecule has 2 heterocycles. The molecule has 0 radical (unpaired) electrons. The summed E-state index contributed by atoms with van der Waals surface area (Å²) in [4.78, 5) is 38.0. The lowest BCUT2D eigenvalue weighted by molar-refractivity contribution is 0.0839. The molecule has 2 N–H and O–H groups in total. The molecule has 4 rings (SSSR count). The number of aromatic nitrogens is 3. The maximum Gasteiger partial charge on any atom is 0.290 e. The Balaban J connectivity index is 1.64. The average molecular weight is 468 g/mol. The van der Waals surface area contributed by atoms with Gasteiger partial charge in [-0.2, -0.15) is 5.10 Å². The fourth-order valence-corrected chi connectivity index (χ4v) is 4.23. The molecule has 4 aromatic rings. The summed E-state index contributed by atoms with van der Waals surface area (Å²) >= 11 is 3.47. The maximum absolute atomic E-state index is 12.8. The SMILES string of the molecule is CCn1nc(C(=O)NNC(=O)c2c(Br)c3ccccc3n2C)c2ccccc2c1=O. The van der Waals surface area contributed by atoms with E-state index in [1.165, 1.54) is 4.68 Å². The van der Waals surface area contributed by atoms with Crippen molar-refractivity contribution >= 4 is 49.4 Å². The molecule has 152 valence electrons. The third-order valence-corrected chi connectivity index (χ3v) is 5.73. The zero-order valence-electron chi connectivity index (χ0n) is 16.3. The second kappa shape index (κ2) is 7.75. The van der Waals surface area contributed by atoms with Gasteiger partial charge in [0.05, 0.1) is 9.86 Å². The first-order chi connectivity index (χ1) is 14.4. The average Bonchev–Trinajstić information content (AvgIpc) is 3.03. The van der Waals surface area contributed by atoms with Crippen LogP contribution in [0.1, 0.15) is 27.9 Å². The molecule has 0 aliphatic heterocycles. The summed E-state index contributed by atoms with van der Waals surface area (Å²) in [7, 11) is 1.77. The molecule has 0 saturated heterocycles. The van der Waals surface area contributed by atoms with E-state index in [4.69, 9.17) is 0 Å². The monoisotopic (exact) mass is 467 g/mol. The van der Waals surface area contributed by atoms with Gasteiger partial charge in [0.2, 0.25) is 0 Å². The van der Waals surface area contributed by atoms with Crippen molar-refractivity contribution in [3.63, 3.8) is 0 Å². The van der Waals surface area contributed by atoms with Gasteiger partial charge in [0.25, 0.3) is 17.4 Å². The number of carbonyl (C=O) groups excluding carboxylic acids is 2. The molecule has 0 saturated carbocycles. The Morgan fingerprint density at radius 2 is 1.57 bits per heavy atom. The number of amides is 2. The third kappa shape index (κ3) is 3.17. The first kappa shape index (κ1) is 19.8. The van der Waals surface area contributed by atoms with E-state index in [1.54, 1.807) is 42.8 Å². The lowest BCUT2D eigenvalue weighted by Crippen LogP contribution is -2.43. The van der Waals surface area contributed by atoms with Gasteiger partial charge in [-0.25, -0.2) is 4.68 Å². The molecule has 2 amide bonds. The number of hydrazine groups is 1. The van der Waals surface area contributed by atoms with Crippen LogP contribution >= 0.6 is 15.9 Å². The van der Waals surface area contributed by atoms with E-state index in [0.717, 1.165) is 10.9 Å². The van der Waals surface area contributed by atoms with Gasteiger partial charge in [0.1, 0.15) is 5.69 Å². The molecule has 0 unspecified atom stereocenters. The molecule has 0 spiro atoms. The van der Waals surface area contributed by atoms with Crippen molar-refractivity contribution in [2.24, 2.45) is 7.05 Å². The van der Waals surface area contributed by atoms with E-state index in [9.17, 15) is 14.4 Å². The van der Waals surface area contributed by atoms with E-state index in [-0.39, 0.29) is 11.3 Å². The summed E-state index contributed by atoms with van der Waals surface area (Å²) in [6.45, 7) is 2.09. The van der Waals surface area contributed by atoms with E-state index in [0.29, 0.717) is 27.5 Å². The van der Waals surface area contributed by atoms with Crippen LogP contribution in [-0.4, -0.2) is 26.2 Å². The minimum Gasteiger partial charge on any atom is -0.339 e. The molecule has 8 nitrogen and oxygen atoms in total. The van der Waals surface area contributed by atoms with E-state index in [2.05, 4.69) is 31.9 Å². The molecule has 0 atom stereocenters. The first-order valence-corrected chi connectivity index (χ1v) is 10.1. The molecule has 30 heavy (non-hydrogen) atoms. The normalized spacial score (nSPS) is 11.0. The number of benzene rings is 2. The quantitative estimate of drug-likeness (QED) is 0.452. The van der Waals surface area contributed by atoms with Crippen LogP contribution in [0.3, 0.4) is 0 Å². The zero-order valence-corrected chi connectivity index (χ0v) is 17.9. The minimum atomic E-state index is -0.614. The van der Waals surface area contributed by atoms with Crippen molar-refractivity contribution in [3.05, 3.63) is 74.7 Å². The van der Waals surface area contributed by atoms with Crippen molar-refractivity contribution < 1.29 is 9.59 Å². The molecule has 9 heteroatoms. The molecule has 2 aromatic carbocycles.